The summed E-state index contributed by atoms with van der Waals surface area (Å²) in [6.07, 6.45) is 6.84. The molecule has 2 fully saturated rings. The zero-order valence-corrected chi connectivity index (χ0v) is 20.3. The van der Waals surface area contributed by atoms with Crippen LogP contribution in [0.2, 0.25) is 0 Å². The van der Waals surface area contributed by atoms with E-state index in [2.05, 4.69) is 64.0 Å². The van der Waals surface area contributed by atoms with Crippen molar-refractivity contribution < 1.29 is 4.79 Å². The molecule has 33 heavy (non-hydrogen) atoms. The molecule has 1 N–H and O–H groups in total. The summed E-state index contributed by atoms with van der Waals surface area (Å²) >= 11 is 0. The van der Waals surface area contributed by atoms with Gasteiger partial charge in [0.25, 0.3) is 5.91 Å². The van der Waals surface area contributed by atoms with Crippen molar-refractivity contribution in [1.29, 1.82) is 0 Å². The lowest BCUT2D eigenvalue weighted by molar-refractivity contribution is 0.0928. The Balaban J connectivity index is 1.29. The first-order valence-corrected chi connectivity index (χ1v) is 13.0. The molecule has 6 heteroatoms. The van der Waals surface area contributed by atoms with Crippen LogP contribution in [0.5, 0.6) is 0 Å². The summed E-state index contributed by atoms with van der Waals surface area (Å²) in [5.74, 6) is 0.554. The molecule has 1 saturated heterocycles. The lowest BCUT2D eigenvalue weighted by atomic mass is 10.0. The first-order valence-electron chi connectivity index (χ1n) is 13.0. The molecule has 0 spiro atoms. The molecule has 178 valence electrons. The molecule has 1 aliphatic carbocycles. The second-order valence-electron chi connectivity index (χ2n) is 10.7. The van der Waals surface area contributed by atoms with Crippen LogP contribution in [-0.4, -0.2) is 57.2 Å². The maximum atomic E-state index is 13.2. The molecule has 1 aromatic heterocycles. The molecule has 3 aliphatic rings. The normalized spacial score (nSPS) is 22.2. The second-order valence-corrected chi connectivity index (χ2v) is 10.7. The van der Waals surface area contributed by atoms with Crippen molar-refractivity contribution in [2.45, 2.75) is 84.1 Å². The molecule has 5 rings (SSSR count). The average Bonchev–Trinajstić information content (AvgIpc) is 3.55. The molecule has 0 bridgehead atoms. The van der Waals surface area contributed by atoms with Crippen LogP contribution in [0, 0.1) is 5.92 Å². The van der Waals surface area contributed by atoms with Crippen molar-refractivity contribution >= 4 is 5.91 Å². The van der Waals surface area contributed by atoms with Crippen LogP contribution in [0.4, 0.5) is 0 Å². The van der Waals surface area contributed by atoms with E-state index in [0.717, 1.165) is 58.5 Å². The second kappa shape index (κ2) is 9.98. The largest absolute Gasteiger partial charge is 0.348 e. The summed E-state index contributed by atoms with van der Waals surface area (Å²) in [6.45, 7) is 10.5. The van der Waals surface area contributed by atoms with Gasteiger partial charge >= 0.3 is 0 Å². The van der Waals surface area contributed by atoms with Crippen LogP contribution >= 0.6 is 0 Å². The highest BCUT2D eigenvalue weighted by Crippen LogP contribution is 2.28. The fourth-order valence-corrected chi connectivity index (χ4v) is 5.92. The fourth-order valence-electron chi connectivity index (χ4n) is 5.92. The summed E-state index contributed by atoms with van der Waals surface area (Å²) < 4.78 is 2.14. The molecular formula is C27H39N5O. The van der Waals surface area contributed by atoms with Crippen LogP contribution in [-0.2, 0) is 26.1 Å². The van der Waals surface area contributed by atoms with Gasteiger partial charge in [-0.3, -0.25) is 19.3 Å². The summed E-state index contributed by atoms with van der Waals surface area (Å²) in [5.41, 5.74) is 4.54. The van der Waals surface area contributed by atoms with Gasteiger partial charge in [0.15, 0.2) is 5.69 Å². The molecule has 1 unspecified atom stereocenters. The van der Waals surface area contributed by atoms with Crippen molar-refractivity contribution in [3.05, 3.63) is 52.8 Å². The molecule has 6 nitrogen and oxygen atoms in total. The van der Waals surface area contributed by atoms with Crippen molar-refractivity contribution in [3.63, 3.8) is 0 Å². The summed E-state index contributed by atoms with van der Waals surface area (Å²) in [7, 11) is 0. The summed E-state index contributed by atoms with van der Waals surface area (Å²) in [6, 6.07) is 11.7. The molecule has 0 radical (unpaired) electrons. The minimum absolute atomic E-state index is 0.0413. The minimum atomic E-state index is 0.0413. The van der Waals surface area contributed by atoms with Crippen LogP contribution < -0.4 is 5.32 Å². The van der Waals surface area contributed by atoms with Gasteiger partial charge in [-0.15, -0.1) is 0 Å². The van der Waals surface area contributed by atoms with E-state index >= 15 is 0 Å². The van der Waals surface area contributed by atoms with E-state index in [1.54, 1.807) is 0 Å². The Morgan fingerprint density at radius 1 is 1.12 bits per heavy atom. The number of carbonyl (C=O) groups excluding carboxylic acids is 1. The van der Waals surface area contributed by atoms with Gasteiger partial charge in [0.05, 0.1) is 0 Å². The van der Waals surface area contributed by atoms with E-state index in [1.807, 2.05) is 0 Å². The molecular weight excluding hydrogens is 410 g/mol. The first-order chi connectivity index (χ1) is 16.1. The van der Waals surface area contributed by atoms with E-state index in [0.29, 0.717) is 23.7 Å². The van der Waals surface area contributed by atoms with Crippen molar-refractivity contribution in [2.75, 3.05) is 19.6 Å². The van der Waals surface area contributed by atoms with Crippen molar-refractivity contribution in [3.8, 4) is 0 Å². The third-order valence-electron chi connectivity index (χ3n) is 7.62. The highest BCUT2D eigenvalue weighted by molar-refractivity contribution is 5.94. The number of benzene rings is 1. The zero-order valence-electron chi connectivity index (χ0n) is 20.3. The lowest BCUT2D eigenvalue weighted by Crippen LogP contribution is -2.42. The predicted molar refractivity (Wildman–Crippen MR) is 131 cm³/mol. The van der Waals surface area contributed by atoms with Crippen LogP contribution in [0.15, 0.2) is 30.3 Å². The van der Waals surface area contributed by atoms with Gasteiger partial charge in [0.1, 0.15) is 0 Å². The van der Waals surface area contributed by atoms with Gasteiger partial charge in [-0.25, -0.2) is 0 Å². The van der Waals surface area contributed by atoms with Crippen LogP contribution in [0.1, 0.15) is 73.3 Å². The van der Waals surface area contributed by atoms with Gasteiger partial charge in [-0.2, -0.15) is 5.10 Å². The van der Waals surface area contributed by atoms with E-state index < -0.39 is 0 Å². The van der Waals surface area contributed by atoms with Gasteiger partial charge < -0.3 is 5.32 Å². The third kappa shape index (κ3) is 5.17. The van der Waals surface area contributed by atoms with Gasteiger partial charge in [0.2, 0.25) is 0 Å². The zero-order chi connectivity index (χ0) is 22.8. The molecule has 3 heterocycles. The molecule has 1 atom stereocenters. The van der Waals surface area contributed by atoms with Crippen molar-refractivity contribution in [2.24, 2.45) is 5.92 Å². The quantitative estimate of drug-likeness (QED) is 0.698. The fraction of sp³-hybridized carbons (Fsp3) is 0.630. The molecule has 2 aromatic rings. The van der Waals surface area contributed by atoms with Crippen molar-refractivity contribution in [1.82, 2.24) is 24.9 Å². The first kappa shape index (κ1) is 22.6. The Hall–Kier alpha value is -2.18. The SMILES string of the molecule is CC(C)Cn1nc(C(=O)NC2CCCC2)c2c1CCN(C1CCN(Cc3ccccc3)C1)C2. The lowest BCUT2D eigenvalue weighted by Gasteiger charge is -2.33. The summed E-state index contributed by atoms with van der Waals surface area (Å²) in [5, 5.41) is 8.16. The number of carbonyl (C=O) groups is 1. The Bertz CT molecular complexity index is 947. The molecule has 2 aliphatic heterocycles. The van der Waals surface area contributed by atoms with Gasteiger partial charge in [-0.1, -0.05) is 57.0 Å². The number of aromatic nitrogens is 2. The number of nitrogens with zero attached hydrogens (tertiary/aromatic N) is 4. The molecule has 1 aromatic carbocycles. The van der Waals surface area contributed by atoms with Crippen LogP contribution in [0.3, 0.4) is 0 Å². The summed E-state index contributed by atoms with van der Waals surface area (Å²) in [4.78, 5) is 18.4. The monoisotopic (exact) mass is 449 g/mol. The van der Waals surface area contributed by atoms with Crippen LogP contribution in [0.25, 0.3) is 0 Å². The number of amides is 1. The Kier molecular flexibility index (Phi) is 6.84. The number of nitrogens with one attached hydrogen (secondary N) is 1. The number of likely N-dealkylation sites (tertiary alicyclic amines) is 1. The van der Waals surface area contributed by atoms with E-state index in [1.165, 1.54) is 36.1 Å². The Labute approximate surface area is 198 Å². The average molecular weight is 450 g/mol. The topological polar surface area (TPSA) is 53.4 Å². The molecule has 1 amide bonds. The highest BCUT2D eigenvalue weighted by atomic mass is 16.2. The maximum Gasteiger partial charge on any atom is 0.272 e. The van der Waals surface area contributed by atoms with E-state index in [-0.39, 0.29) is 5.91 Å². The van der Waals surface area contributed by atoms with Gasteiger partial charge in [0, 0.05) is 69.0 Å². The molecule has 1 saturated carbocycles. The number of hydrogen-bond acceptors (Lipinski definition) is 4. The van der Waals surface area contributed by atoms with Gasteiger partial charge in [-0.05, 0) is 30.7 Å². The number of fused-ring (bicyclic) bond motifs is 1. The highest BCUT2D eigenvalue weighted by Gasteiger charge is 2.34. The van der Waals surface area contributed by atoms with E-state index in [4.69, 9.17) is 5.10 Å². The Morgan fingerprint density at radius 3 is 2.67 bits per heavy atom. The smallest absolute Gasteiger partial charge is 0.272 e. The Morgan fingerprint density at radius 2 is 1.91 bits per heavy atom. The number of rotatable bonds is 7. The standard InChI is InChI=1S/C27H39N5O/c1-20(2)16-32-25-13-15-31(23-12-14-30(18-23)17-21-8-4-3-5-9-21)19-24(25)26(29-32)27(33)28-22-10-6-7-11-22/h3-5,8-9,20,22-23H,6-7,10-19H2,1-2H3,(H,28,33). The van der Waals surface area contributed by atoms with E-state index in [9.17, 15) is 4.79 Å². The minimum Gasteiger partial charge on any atom is -0.348 e. The maximum absolute atomic E-state index is 13.2. The number of hydrogen-bond donors (Lipinski definition) is 1. The third-order valence-corrected chi connectivity index (χ3v) is 7.62. The predicted octanol–water partition coefficient (Wildman–Crippen LogP) is 3.84.